The van der Waals surface area contributed by atoms with E-state index in [0.717, 1.165) is 43.5 Å². The highest BCUT2D eigenvalue weighted by atomic mass is 35.5. The summed E-state index contributed by atoms with van der Waals surface area (Å²) in [6.45, 7) is 3.62. The summed E-state index contributed by atoms with van der Waals surface area (Å²) in [5.74, 6) is -0.150. The van der Waals surface area contributed by atoms with Crippen LogP contribution in [0.5, 0.6) is 0 Å². The van der Waals surface area contributed by atoms with Gasteiger partial charge in [0.1, 0.15) is 16.8 Å². The van der Waals surface area contributed by atoms with Crippen molar-refractivity contribution in [1.29, 1.82) is 5.26 Å². The first kappa shape index (κ1) is 16.9. The maximum absolute atomic E-state index is 12.4. The summed E-state index contributed by atoms with van der Waals surface area (Å²) < 4.78 is 5.72. The van der Waals surface area contributed by atoms with Crippen LogP contribution in [0.15, 0.2) is 17.8 Å². The number of likely N-dealkylation sites (tertiary alicyclic amines) is 1. The summed E-state index contributed by atoms with van der Waals surface area (Å²) in [4.78, 5) is 18.6. The van der Waals surface area contributed by atoms with Crippen LogP contribution in [-0.2, 0) is 16.0 Å². The monoisotopic (exact) mass is 345 g/mol. The molecule has 1 saturated heterocycles. The van der Waals surface area contributed by atoms with E-state index in [9.17, 15) is 10.1 Å². The second-order valence-electron chi connectivity index (χ2n) is 6.33. The number of allylic oxidation sites excluding steroid dienone is 1. The molecule has 0 unspecified atom stereocenters. The van der Waals surface area contributed by atoms with E-state index in [1.54, 1.807) is 19.4 Å². The Morgan fingerprint density at radius 1 is 1.46 bits per heavy atom. The van der Waals surface area contributed by atoms with Crippen LogP contribution < -0.4 is 0 Å². The van der Waals surface area contributed by atoms with Gasteiger partial charge in [0.05, 0.1) is 11.3 Å². The van der Waals surface area contributed by atoms with Gasteiger partial charge < -0.3 is 9.64 Å². The summed E-state index contributed by atoms with van der Waals surface area (Å²) in [7, 11) is 1.75. The number of methoxy groups -OCH3 is 1. The molecule has 0 spiro atoms. The number of aromatic nitrogens is 1. The Morgan fingerprint density at radius 3 is 2.75 bits per heavy atom. The molecule has 1 fully saturated rings. The van der Waals surface area contributed by atoms with Crippen molar-refractivity contribution in [2.24, 2.45) is 0 Å². The molecule has 0 radical (unpaired) electrons. The number of nitriles is 1. The second-order valence-corrected chi connectivity index (χ2v) is 6.71. The van der Waals surface area contributed by atoms with E-state index >= 15 is 0 Å². The third kappa shape index (κ3) is 2.81. The van der Waals surface area contributed by atoms with Crippen molar-refractivity contribution in [2.45, 2.75) is 38.2 Å². The van der Waals surface area contributed by atoms with E-state index in [2.05, 4.69) is 22.9 Å². The zero-order valence-corrected chi connectivity index (χ0v) is 14.7. The molecule has 0 bridgehead atoms. The van der Waals surface area contributed by atoms with Gasteiger partial charge in [-0.15, -0.1) is 0 Å². The fourth-order valence-corrected chi connectivity index (χ4v) is 3.79. The van der Waals surface area contributed by atoms with E-state index < -0.39 is 0 Å². The standard InChI is InChI=1S/C18H20ClN3O2/c1-3-18(24-2)4-6-22(7-5-18)17-13-9-16(19)21-11-12(13)8-15(23)14(17)10-20/h9,11H,3-8H2,1-2H3. The number of hydrogen-bond donors (Lipinski definition) is 0. The number of halogens is 1. The molecule has 0 saturated carbocycles. The lowest BCUT2D eigenvalue weighted by molar-refractivity contribution is -0.114. The second kappa shape index (κ2) is 6.54. The minimum absolute atomic E-state index is 0.110. The average Bonchev–Trinajstić information content (AvgIpc) is 2.61. The first-order chi connectivity index (χ1) is 11.5. The number of ether oxygens (including phenoxy) is 1. The van der Waals surface area contributed by atoms with E-state index in [-0.39, 0.29) is 23.4 Å². The molecule has 2 heterocycles. The molecule has 1 aromatic rings. The fourth-order valence-electron chi connectivity index (χ4n) is 3.63. The van der Waals surface area contributed by atoms with Gasteiger partial charge in [-0.05, 0) is 30.9 Å². The van der Waals surface area contributed by atoms with E-state index in [0.29, 0.717) is 10.9 Å². The predicted octanol–water partition coefficient (Wildman–Crippen LogP) is 2.99. The summed E-state index contributed by atoms with van der Waals surface area (Å²) in [6, 6.07) is 3.86. The van der Waals surface area contributed by atoms with Gasteiger partial charge in [0, 0.05) is 38.4 Å². The van der Waals surface area contributed by atoms with Gasteiger partial charge in [0.2, 0.25) is 0 Å². The summed E-state index contributed by atoms with van der Waals surface area (Å²) in [5, 5.41) is 9.89. The lowest BCUT2D eigenvalue weighted by Crippen LogP contribution is -2.45. The smallest absolute Gasteiger partial charge is 0.179 e. The van der Waals surface area contributed by atoms with E-state index in [4.69, 9.17) is 16.3 Å². The third-order valence-corrected chi connectivity index (χ3v) is 5.46. The van der Waals surface area contributed by atoms with Gasteiger partial charge in [-0.25, -0.2) is 4.98 Å². The molecule has 2 aliphatic rings. The van der Waals surface area contributed by atoms with Gasteiger partial charge in [0.25, 0.3) is 0 Å². The van der Waals surface area contributed by atoms with Crippen molar-refractivity contribution in [3.05, 3.63) is 34.1 Å². The molecule has 24 heavy (non-hydrogen) atoms. The molecule has 126 valence electrons. The van der Waals surface area contributed by atoms with Gasteiger partial charge in [-0.3, -0.25) is 4.79 Å². The van der Waals surface area contributed by atoms with Crippen LogP contribution in [0.25, 0.3) is 5.70 Å². The summed E-state index contributed by atoms with van der Waals surface area (Å²) >= 11 is 6.06. The number of Topliss-reactive ketones (excluding diaryl/α,β-unsaturated/α-hetero) is 1. The van der Waals surface area contributed by atoms with Crippen LogP contribution in [0, 0.1) is 11.3 Å². The number of piperidine rings is 1. The molecule has 3 rings (SSSR count). The molecule has 5 nitrogen and oxygen atoms in total. The number of carbonyl (C=O) groups excluding carboxylic acids is 1. The molecular weight excluding hydrogens is 326 g/mol. The summed E-state index contributed by atoms with van der Waals surface area (Å²) in [6.07, 6.45) is 4.53. The number of fused-ring (bicyclic) bond motifs is 1. The topological polar surface area (TPSA) is 66.2 Å². The lowest BCUT2D eigenvalue weighted by Gasteiger charge is -2.43. The minimum Gasteiger partial charge on any atom is -0.378 e. The van der Waals surface area contributed by atoms with Crippen LogP contribution in [0.2, 0.25) is 5.15 Å². The zero-order valence-electron chi connectivity index (χ0n) is 13.9. The maximum Gasteiger partial charge on any atom is 0.179 e. The first-order valence-corrected chi connectivity index (χ1v) is 8.54. The van der Waals surface area contributed by atoms with Gasteiger partial charge in [0.15, 0.2) is 5.78 Å². The van der Waals surface area contributed by atoms with Gasteiger partial charge >= 0.3 is 0 Å². The Kier molecular flexibility index (Phi) is 4.62. The Hall–Kier alpha value is -1.90. The SMILES string of the molecule is CCC1(OC)CCN(C2=C(C#N)C(=O)Cc3cnc(Cl)cc32)CC1. The molecule has 1 aromatic heterocycles. The zero-order chi connectivity index (χ0) is 17.3. The number of rotatable bonds is 3. The van der Waals surface area contributed by atoms with Gasteiger partial charge in [-0.1, -0.05) is 18.5 Å². The van der Waals surface area contributed by atoms with Crippen molar-refractivity contribution in [2.75, 3.05) is 20.2 Å². The number of carbonyl (C=O) groups is 1. The molecule has 0 atom stereocenters. The summed E-state index contributed by atoms with van der Waals surface area (Å²) in [5.41, 5.74) is 2.51. The minimum atomic E-state index is -0.150. The Bertz CT molecular complexity index is 737. The predicted molar refractivity (Wildman–Crippen MR) is 91.3 cm³/mol. The molecule has 0 amide bonds. The largest absolute Gasteiger partial charge is 0.378 e. The maximum atomic E-state index is 12.4. The molecule has 0 N–H and O–H groups in total. The Labute approximate surface area is 146 Å². The fraction of sp³-hybridized carbons (Fsp3) is 0.500. The van der Waals surface area contributed by atoms with Crippen molar-refractivity contribution in [3.63, 3.8) is 0 Å². The molecule has 6 heteroatoms. The highest BCUT2D eigenvalue weighted by Crippen LogP contribution is 2.37. The quantitative estimate of drug-likeness (QED) is 0.788. The first-order valence-electron chi connectivity index (χ1n) is 8.16. The van der Waals surface area contributed by atoms with E-state index in [1.165, 1.54) is 0 Å². The molecular formula is C18H20ClN3O2. The van der Waals surface area contributed by atoms with Crippen molar-refractivity contribution in [3.8, 4) is 6.07 Å². The van der Waals surface area contributed by atoms with Crippen LogP contribution >= 0.6 is 11.6 Å². The Balaban J connectivity index is 2.00. The number of pyridine rings is 1. The van der Waals surface area contributed by atoms with Crippen molar-refractivity contribution < 1.29 is 9.53 Å². The third-order valence-electron chi connectivity index (χ3n) is 5.25. The average molecular weight is 346 g/mol. The number of hydrogen-bond acceptors (Lipinski definition) is 5. The number of nitrogens with zero attached hydrogens (tertiary/aromatic N) is 3. The lowest BCUT2D eigenvalue weighted by atomic mass is 9.85. The number of ketones is 1. The molecule has 1 aliphatic heterocycles. The van der Waals surface area contributed by atoms with Crippen LogP contribution in [-0.4, -0.2) is 41.5 Å². The van der Waals surface area contributed by atoms with Crippen molar-refractivity contribution in [1.82, 2.24) is 9.88 Å². The molecule has 0 aromatic carbocycles. The van der Waals surface area contributed by atoms with Crippen molar-refractivity contribution >= 4 is 23.1 Å². The van der Waals surface area contributed by atoms with Crippen LogP contribution in [0.3, 0.4) is 0 Å². The van der Waals surface area contributed by atoms with E-state index in [1.807, 2.05) is 0 Å². The molecule has 1 aliphatic carbocycles. The van der Waals surface area contributed by atoms with Gasteiger partial charge in [-0.2, -0.15) is 5.26 Å². The van der Waals surface area contributed by atoms with Crippen LogP contribution in [0.1, 0.15) is 37.3 Å². The van der Waals surface area contributed by atoms with Crippen LogP contribution in [0.4, 0.5) is 0 Å². The highest BCUT2D eigenvalue weighted by Gasteiger charge is 2.36. The normalized spacial score (nSPS) is 19.9. The highest BCUT2D eigenvalue weighted by molar-refractivity contribution is 6.29. The Morgan fingerprint density at radius 2 is 2.17 bits per heavy atom.